The molecule has 4 rings (SSSR count). The van der Waals surface area contributed by atoms with E-state index in [2.05, 4.69) is 64.8 Å². The zero-order valence-corrected chi connectivity index (χ0v) is 12.3. The van der Waals surface area contributed by atoms with E-state index in [1.165, 1.54) is 34.1 Å². The highest BCUT2D eigenvalue weighted by Crippen LogP contribution is 2.29. The first-order valence-corrected chi connectivity index (χ1v) is 6.93. The molecule has 3 heteroatoms. The van der Waals surface area contributed by atoms with E-state index in [0.717, 1.165) is 13.1 Å². The summed E-state index contributed by atoms with van der Waals surface area (Å²) < 4.78 is 4.87. The lowest BCUT2D eigenvalue weighted by Crippen LogP contribution is -3.00. The smallest absolute Gasteiger partial charge is 0.246 e. The zero-order valence-electron chi connectivity index (χ0n) is 11.5. The Balaban J connectivity index is 0.00000121. The fourth-order valence-corrected chi connectivity index (χ4v) is 3.20. The summed E-state index contributed by atoms with van der Waals surface area (Å²) in [5.74, 6) is 0. The highest BCUT2D eigenvalue weighted by molar-refractivity contribution is 5.91. The molecule has 0 amide bonds. The molecule has 3 aromatic rings. The van der Waals surface area contributed by atoms with Gasteiger partial charge in [-0.15, -0.1) is 4.68 Å². The molecular formula is C17H17ClN2. The van der Waals surface area contributed by atoms with Crippen LogP contribution in [0.15, 0.2) is 48.5 Å². The first-order chi connectivity index (χ1) is 9.34. The third kappa shape index (κ3) is 1.83. The van der Waals surface area contributed by atoms with E-state index in [9.17, 15) is 0 Å². The van der Waals surface area contributed by atoms with E-state index in [1.54, 1.807) is 0 Å². The van der Waals surface area contributed by atoms with Crippen molar-refractivity contribution in [1.82, 2.24) is 4.68 Å². The minimum absolute atomic E-state index is 0. The fourth-order valence-electron chi connectivity index (χ4n) is 3.20. The Kier molecular flexibility index (Phi) is 3.27. The summed E-state index contributed by atoms with van der Waals surface area (Å²) in [6.07, 6.45) is 1.24. The average Bonchev–Trinajstić information content (AvgIpc) is 2.99. The highest BCUT2D eigenvalue weighted by atomic mass is 35.5. The minimum atomic E-state index is 0. The van der Waals surface area contributed by atoms with Crippen molar-refractivity contribution in [2.75, 3.05) is 0 Å². The maximum Gasteiger partial charge on any atom is 0.246 e. The van der Waals surface area contributed by atoms with Gasteiger partial charge in [-0.05, 0) is 31.2 Å². The molecule has 0 fully saturated rings. The number of aryl methyl sites for hydroxylation is 2. The van der Waals surface area contributed by atoms with E-state index < -0.39 is 0 Å². The number of aromatic nitrogens is 2. The predicted octanol–water partition coefficient (Wildman–Crippen LogP) is 0.312. The van der Waals surface area contributed by atoms with Crippen molar-refractivity contribution in [2.24, 2.45) is 0 Å². The standard InChI is InChI=1S/C17H17N2.ClH/c1-13-8-9-16-15(12-13)17(14-6-3-2-4-7-14)19-11-5-10-18(16)19;/h2-4,6-9,12H,5,10-11H2,1H3;1H/q+1;/p-1. The highest BCUT2D eigenvalue weighted by Gasteiger charge is 2.29. The molecule has 0 radical (unpaired) electrons. The van der Waals surface area contributed by atoms with Crippen molar-refractivity contribution in [3.8, 4) is 11.3 Å². The van der Waals surface area contributed by atoms with Gasteiger partial charge in [-0.25, -0.2) is 0 Å². The van der Waals surface area contributed by atoms with Crippen LogP contribution in [-0.4, -0.2) is 4.68 Å². The van der Waals surface area contributed by atoms with Gasteiger partial charge in [-0.1, -0.05) is 29.8 Å². The SMILES string of the molecule is Cc1ccc2c(c1)c(-c1ccccc1)[n+]1n2CCC1.[Cl-]. The van der Waals surface area contributed by atoms with Gasteiger partial charge >= 0.3 is 0 Å². The minimum Gasteiger partial charge on any atom is -1.00 e. The van der Waals surface area contributed by atoms with E-state index >= 15 is 0 Å². The van der Waals surface area contributed by atoms with Crippen molar-refractivity contribution in [3.63, 3.8) is 0 Å². The summed E-state index contributed by atoms with van der Waals surface area (Å²) in [6.45, 7) is 4.42. The van der Waals surface area contributed by atoms with Crippen molar-refractivity contribution < 1.29 is 17.1 Å². The number of fused-ring (bicyclic) bond motifs is 3. The number of rotatable bonds is 1. The molecule has 102 valence electrons. The van der Waals surface area contributed by atoms with Crippen LogP contribution in [0.3, 0.4) is 0 Å². The molecule has 1 aromatic heterocycles. The van der Waals surface area contributed by atoms with Gasteiger partial charge in [-0.3, -0.25) is 0 Å². The van der Waals surface area contributed by atoms with Crippen LogP contribution in [-0.2, 0) is 13.1 Å². The summed E-state index contributed by atoms with van der Waals surface area (Å²) in [7, 11) is 0. The van der Waals surface area contributed by atoms with Crippen LogP contribution in [0.5, 0.6) is 0 Å². The molecule has 2 aromatic carbocycles. The largest absolute Gasteiger partial charge is 1.00 e. The molecule has 2 nitrogen and oxygen atoms in total. The number of halogens is 1. The second kappa shape index (κ2) is 4.95. The van der Waals surface area contributed by atoms with E-state index in [0.29, 0.717) is 0 Å². The van der Waals surface area contributed by atoms with E-state index in [1.807, 2.05) is 0 Å². The van der Waals surface area contributed by atoms with Gasteiger partial charge in [0.2, 0.25) is 5.69 Å². The van der Waals surface area contributed by atoms with Crippen molar-refractivity contribution >= 4 is 10.9 Å². The average molecular weight is 285 g/mol. The molecule has 0 saturated heterocycles. The third-order valence-corrected chi connectivity index (χ3v) is 4.02. The molecule has 0 saturated carbocycles. The van der Waals surface area contributed by atoms with Crippen LogP contribution >= 0.6 is 0 Å². The lowest BCUT2D eigenvalue weighted by atomic mass is 10.1. The van der Waals surface area contributed by atoms with Crippen LogP contribution in [0.1, 0.15) is 12.0 Å². The zero-order chi connectivity index (χ0) is 12.8. The van der Waals surface area contributed by atoms with Gasteiger partial charge in [0, 0.05) is 12.0 Å². The Bertz CT molecular complexity index is 760. The second-order valence-corrected chi connectivity index (χ2v) is 5.34. The van der Waals surface area contributed by atoms with E-state index in [4.69, 9.17) is 0 Å². The third-order valence-electron chi connectivity index (χ3n) is 4.02. The van der Waals surface area contributed by atoms with Crippen LogP contribution in [0, 0.1) is 6.92 Å². The summed E-state index contributed by atoms with van der Waals surface area (Å²) in [5.41, 5.74) is 5.38. The Hall–Kier alpha value is -1.80. The van der Waals surface area contributed by atoms with Crippen LogP contribution in [0.25, 0.3) is 22.2 Å². The first kappa shape index (κ1) is 13.2. The summed E-state index contributed by atoms with van der Waals surface area (Å²) in [5, 5.41) is 1.38. The molecule has 0 atom stereocenters. The maximum atomic E-state index is 2.44. The number of hydrogen-bond donors (Lipinski definition) is 0. The molecule has 1 aliphatic heterocycles. The summed E-state index contributed by atoms with van der Waals surface area (Å²) >= 11 is 0. The molecule has 0 N–H and O–H groups in total. The molecule has 0 unspecified atom stereocenters. The van der Waals surface area contributed by atoms with Crippen molar-refractivity contribution in [1.29, 1.82) is 0 Å². The molecular weight excluding hydrogens is 268 g/mol. The van der Waals surface area contributed by atoms with Gasteiger partial charge in [-0.2, -0.15) is 4.68 Å². The Morgan fingerprint density at radius 3 is 2.65 bits per heavy atom. The fraction of sp³-hybridized carbons (Fsp3) is 0.235. The lowest BCUT2D eigenvalue weighted by Gasteiger charge is -1.96. The van der Waals surface area contributed by atoms with Gasteiger partial charge in [0.05, 0.1) is 11.9 Å². The normalized spacial score (nSPS) is 13.2. The topological polar surface area (TPSA) is 8.81 Å². The number of nitrogens with zero attached hydrogens (tertiary/aromatic N) is 2. The Labute approximate surface area is 125 Å². The van der Waals surface area contributed by atoms with Gasteiger partial charge in [0.1, 0.15) is 5.52 Å². The molecule has 1 aliphatic rings. The maximum absolute atomic E-state index is 2.44. The monoisotopic (exact) mass is 284 g/mol. The van der Waals surface area contributed by atoms with Crippen LogP contribution < -0.4 is 17.1 Å². The van der Waals surface area contributed by atoms with E-state index in [-0.39, 0.29) is 12.4 Å². The lowest BCUT2D eigenvalue weighted by molar-refractivity contribution is -0.745. The van der Waals surface area contributed by atoms with Crippen molar-refractivity contribution in [3.05, 3.63) is 54.1 Å². The quantitative estimate of drug-likeness (QED) is 0.569. The summed E-state index contributed by atoms with van der Waals surface area (Å²) in [4.78, 5) is 0. The van der Waals surface area contributed by atoms with Gasteiger partial charge in [0.25, 0.3) is 0 Å². The Morgan fingerprint density at radius 1 is 1.05 bits per heavy atom. The molecule has 0 bridgehead atoms. The molecule has 20 heavy (non-hydrogen) atoms. The molecule has 2 heterocycles. The van der Waals surface area contributed by atoms with Crippen molar-refractivity contribution in [2.45, 2.75) is 26.4 Å². The predicted molar refractivity (Wildman–Crippen MR) is 76.9 cm³/mol. The van der Waals surface area contributed by atoms with Gasteiger partial charge < -0.3 is 12.4 Å². The first-order valence-electron chi connectivity index (χ1n) is 6.93. The van der Waals surface area contributed by atoms with Gasteiger partial charge in [0.15, 0.2) is 6.54 Å². The number of benzene rings is 2. The Morgan fingerprint density at radius 2 is 1.85 bits per heavy atom. The van der Waals surface area contributed by atoms with Crippen LogP contribution in [0.4, 0.5) is 0 Å². The molecule has 0 aliphatic carbocycles. The second-order valence-electron chi connectivity index (χ2n) is 5.34. The molecule has 0 spiro atoms. The summed E-state index contributed by atoms with van der Waals surface area (Å²) in [6, 6.07) is 17.5. The number of hydrogen-bond acceptors (Lipinski definition) is 0. The van der Waals surface area contributed by atoms with Crippen LogP contribution in [0.2, 0.25) is 0 Å².